The van der Waals surface area contributed by atoms with Crippen LogP contribution in [0.25, 0.3) is 17.2 Å². The second kappa shape index (κ2) is 7.84. The topological polar surface area (TPSA) is 107 Å². The fraction of sp³-hybridized carbons (Fsp3) is 0.250. The Morgan fingerprint density at radius 1 is 1.12 bits per heavy atom. The van der Waals surface area contributed by atoms with Gasteiger partial charge in [-0.15, -0.1) is 0 Å². The van der Waals surface area contributed by atoms with E-state index in [9.17, 15) is 13.6 Å². The first-order chi connectivity index (χ1) is 16.2. The number of imidazole rings is 1. The molecule has 0 aliphatic carbocycles. The van der Waals surface area contributed by atoms with Crippen molar-refractivity contribution in [1.82, 2.24) is 19.4 Å². The van der Waals surface area contributed by atoms with Gasteiger partial charge in [-0.05, 0) is 45.0 Å². The average molecular weight is 464 g/mol. The highest BCUT2D eigenvalue weighted by atomic mass is 19.1. The van der Waals surface area contributed by atoms with E-state index in [1.165, 1.54) is 18.2 Å². The lowest BCUT2D eigenvalue weighted by molar-refractivity contribution is -0.119. The van der Waals surface area contributed by atoms with Crippen LogP contribution in [-0.2, 0) is 23.4 Å². The summed E-state index contributed by atoms with van der Waals surface area (Å²) in [5.74, 6) is -0.420. The van der Waals surface area contributed by atoms with Gasteiger partial charge in [-0.25, -0.2) is 23.7 Å². The summed E-state index contributed by atoms with van der Waals surface area (Å²) >= 11 is 0. The van der Waals surface area contributed by atoms with Gasteiger partial charge >= 0.3 is 0 Å². The smallest absolute Gasteiger partial charge is 0.235 e. The van der Waals surface area contributed by atoms with Crippen LogP contribution in [0, 0.1) is 18.6 Å². The number of rotatable bonds is 5. The molecule has 0 atom stereocenters. The zero-order valence-corrected chi connectivity index (χ0v) is 18.8. The zero-order valence-electron chi connectivity index (χ0n) is 18.8. The molecule has 3 N–H and O–H groups in total. The molecule has 1 aromatic carbocycles. The number of halogens is 2. The number of pyridine rings is 1. The molecule has 0 fully saturated rings. The maximum absolute atomic E-state index is 14.0. The van der Waals surface area contributed by atoms with Crippen molar-refractivity contribution in [2.75, 3.05) is 5.32 Å². The van der Waals surface area contributed by atoms with Crippen molar-refractivity contribution in [3.63, 3.8) is 0 Å². The molecule has 3 aromatic heterocycles. The largest absolute Gasteiger partial charge is 0.485 e. The molecule has 4 aromatic rings. The van der Waals surface area contributed by atoms with Crippen molar-refractivity contribution >= 4 is 17.4 Å². The standard InChI is InChI=1S/C24H22F2N6O2/c1-12-19(21-29-16(10-27)18-20(30-21)31-23(33)24(18,2)3)32-9-5-8-17(22(32)28-12)34-11-13-14(25)6-4-7-15(13)26/h4-9H,10-11,27H2,1-3H3,(H,29,30,31,33). The van der Waals surface area contributed by atoms with E-state index in [4.69, 9.17) is 10.5 Å². The highest BCUT2D eigenvalue weighted by Gasteiger charge is 2.42. The highest BCUT2D eigenvalue weighted by Crippen LogP contribution is 2.39. The summed E-state index contributed by atoms with van der Waals surface area (Å²) in [7, 11) is 0. The molecule has 1 aliphatic heterocycles. The molecule has 8 nitrogen and oxygen atoms in total. The zero-order chi connectivity index (χ0) is 24.2. The minimum atomic E-state index is -0.792. The Morgan fingerprint density at radius 2 is 1.85 bits per heavy atom. The van der Waals surface area contributed by atoms with E-state index in [2.05, 4.69) is 20.3 Å². The van der Waals surface area contributed by atoms with Crippen molar-refractivity contribution in [3.8, 4) is 17.3 Å². The Morgan fingerprint density at radius 3 is 2.56 bits per heavy atom. The molecule has 1 amide bonds. The molecule has 0 unspecified atom stereocenters. The van der Waals surface area contributed by atoms with Crippen molar-refractivity contribution < 1.29 is 18.3 Å². The molecule has 10 heteroatoms. The van der Waals surface area contributed by atoms with Crippen molar-refractivity contribution in [2.24, 2.45) is 5.73 Å². The first-order valence-electron chi connectivity index (χ1n) is 10.7. The second-order valence-corrected chi connectivity index (χ2v) is 8.60. The number of hydrogen-bond donors (Lipinski definition) is 2. The highest BCUT2D eigenvalue weighted by molar-refractivity contribution is 6.05. The molecule has 174 valence electrons. The fourth-order valence-corrected chi connectivity index (χ4v) is 4.24. The summed E-state index contributed by atoms with van der Waals surface area (Å²) in [4.78, 5) is 26.3. The van der Waals surface area contributed by atoms with Gasteiger partial charge in [0.1, 0.15) is 29.8 Å². The van der Waals surface area contributed by atoms with Crippen LogP contribution in [0.2, 0.25) is 0 Å². The normalized spacial score (nSPS) is 14.4. The third-order valence-corrected chi connectivity index (χ3v) is 6.04. The molecule has 0 radical (unpaired) electrons. The van der Waals surface area contributed by atoms with Crippen LogP contribution in [0.5, 0.6) is 5.75 Å². The lowest BCUT2D eigenvalue weighted by atomic mass is 9.85. The first kappa shape index (κ1) is 21.9. The van der Waals surface area contributed by atoms with Crippen LogP contribution in [0.15, 0.2) is 36.5 Å². The molecular weight excluding hydrogens is 442 g/mol. The average Bonchev–Trinajstić information content (AvgIpc) is 3.25. The molecule has 0 saturated carbocycles. The number of ether oxygens (including phenoxy) is 1. The SMILES string of the molecule is Cc1nc2c(OCc3c(F)cccc3F)cccn2c1-c1nc(CN)c2c(n1)NC(=O)C2(C)C. The van der Waals surface area contributed by atoms with Gasteiger partial charge in [-0.2, -0.15) is 0 Å². The Kier molecular flexibility index (Phi) is 5.05. The van der Waals surface area contributed by atoms with Gasteiger partial charge in [0.05, 0.1) is 22.4 Å². The molecule has 0 spiro atoms. The number of nitrogens with two attached hydrogens (primary N) is 1. The third kappa shape index (κ3) is 3.29. The van der Waals surface area contributed by atoms with Gasteiger partial charge in [0.2, 0.25) is 5.91 Å². The van der Waals surface area contributed by atoms with E-state index in [-0.39, 0.29) is 24.6 Å². The number of anilines is 1. The van der Waals surface area contributed by atoms with Gasteiger partial charge in [-0.1, -0.05) is 6.07 Å². The number of amides is 1. The number of carbonyl (C=O) groups excluding carboxylic acids is 1. The number of fused-ring (bicyclic) bond motifs is 2. The van der Waals surface area contributed by atoms with E-state index in [0.717, 1.165) is 0 Å². The van der Waals surface area contributed by atoms with Crippen LogP contribution >= 0.6 is 0 Å². The minimum Gasteiger partial charge on any atom is -0.485 e. The van der Waals surface area contributed by atoms with E-state index < -0.39 is 17.0 Å². The first-order valence-corrected chi connectivity index (χ1v) is 10.7. The number of carbonyl (C=O) groups is 1. The van der Waals surface area contributed by atoms with E-state index in [0.29, 0.717) is 45.7 Å². The third-order valence-electron chi connectivity index (χ3n) is 6.04. The molecule has 4 heterocycles. The van der Waals surface area contributed by atoms with Crippen LogP contribution in [0.3, 0.4) is 0 Å². The van der Waals surface area contributed by atoms with Gasteiger partial charge in [0.15, 0.2) is 17.2 Å². The number of aromatic nitrogens is 4. The Bertz CT molecular complexity index is 1440. The fourth-order valence-electron chi connectivity index (χ4n) is 4.24. The lowest BCUT2D eigenvalue weighted by Gasteiger charge is -2.17. The molecular formula is C24H22F2N6O2. The molecule has 1 aliphatic rings. The van der Waals surface area contributed by atoms with Crippen molar-refractivity contribution in [3.05, 3.63) is 70.7 Å². The number of hydrogen-bond acceptors (Lipinski definition) is 6. The number of benzene rings is 1. The molecule has 0 saturated heterocycles. The predicted molar refractivity (Wildman–Crippen MR) is 121 cm³/mol. The maximum Gasteiger partial charge on any atom is 0.235 e. The molecule has 0 bridgehead atoms. The van der Waals surface area contributed by atoms with Crippen molar-refractivity contribution in [2.45, 2.75) is 39.3 Å². The maximum atomic E-state index is 14.0. The van der Waals surface area contributed by atoms with Crippen LogP contribution < -0.4 is 15.8 Å². The number of aryl methyl sites for hydroxylation is 1. The summed E-state index contributed by atoms with van der Waals surface area (Å²) in [6.07, 6.45) is 1.77. The van der Waals surface area contributed by atoms with E-state index in [1.54, 1.807) is 43.5 Å². The summed E-state index contributed by atoms with van der Waals surface area (Å²) in [6.45, 7) is 5.24. The van der Waals surface area contributed by atoms with E-state index >= 15 is 0 Å². The van der Waals surface area contributed by atoms with Gasteiger partial charge < -0.3 is 15.8 Å². The van der Waals surface area contributed by atoms with Crippen LogP contribution in [-0.4, -0.2) is 25.3 Å². The number of nitrogens with zero attached hydrogens (tertiary/aromatic N) is 4. The minimum absolute atomic E-state index is 0.134. The Labute approximate surface area is 193 Å². The van der Waals surface area contributed by atoms with Crippen molar-refractivity contribution in [1.29, 1.82) is 0 Å². The Hall–Kier alpha value is -3.92. The summed E-state index contributed by atoms with van der Waals surface area (Å²) in [5, 5.41) is 2.82. The van der Waals surface area contributed by atoms with Gasteiger partial charge in [0, 0.05) is 18.3 Å². The molecule has 34 heavy (non-hydrogen) atoms. The van der Waals surface area contributed by atoms with Gasteiger partial charge in [0.25, 0.3) is 0 Å². The molecule has 5 rings (SSSR count). The summed E-state index contributed by atoms with van der Waals surface area (Å²) < 4.78 is 35.5. The monoisotopic (exact) mass is 464 g/mol. The summed E-state index contributed by atoms with van der Waals surface area (Å²) in [6, 6.07) is 7.06. The quantitative estimate of drug-likeness (QED) is 0.467. The van der Waals surface area contributed by atoms with Crippen LogP contribution in [0.4, 0.5) is 14.6 Å². The van der Waals surface area contributed by atoms with Crippen LogP contribution in [0.1, 0.15) is 36.4 Å². The van der Waals surface area contributed by atoms with E-state index in [1.807, 2.05) is 0 Å². The Balaban J connectivity index is 1.59. The number of nitrogens with one attached hydrogen (secondary N) is 1. The second-order valence-electron chi connectivity index (χ2n) is 8.60. The van der Waals surface area contributed by atoms with Gasteiger partial charge in [-0.3, -0.25) is 9.20 Å². The summed E-state index contributed by atoms with van der Waals surface area (Å²) in [5.41, 5.74) is 7.91. The lowest BCUT2D eigenvalue weighted by Crippen LogP contribution is -2.28. The predicted octanol–water partition coefficient (Wildman–Crippen LogP) is 3.65.